The lowest BCUT2D eigenvalue weighted by Gasteiger charge is -2.24. The molecule has 2 saturated heterocycles. The molecule has 0 aromatic carbocycles. The van der Waals surface area contributed by atoms with E-state index in [0.717, 1.165) is 25.7 Å². The highest BCUT2D eigenvalue weighted by molar-refractivity contribution is 4.85. The molecule has 2 aliphatic heterocycles. The molecule has 3 heteroatoms. The molecule has 0 aromatic rings. The maximum Gasteiger partial charge on any atom is 0.0623 e. The normalized spacial score (nSPS) is 36.0. The summed E-state index contributed by atoms with van der Waals surface area (Å²) >= 11 is 0. The van der Waals surface area contributed by atoms with Crippen LogP contribution in [0.1, 0.15) is 26.7 Å². The van der Waals surface area contributed by atoms with E-state index in [1.807, 2.05) is 0 Å². The van der Waals surface area contributed by atoms with Crippen LogP contribution in [0.15, 0.2) is 0 Å². The molecule has 3 nitrogen and oxygen atoms in total. The summed E-state index contributed by atoms with van der Waals surface area (Å²) in [5.74, 6) is 1.65. The zero-order chi connectivity index (χ0) is 11.4. The second-order valence-corrected chi connectivity index (χ2v) is 5.28. The Kier molecular flexibility index (Phi) is 4.62. The van der Waals surface area contributed by atoms with Crippen molar-refractivity contribution in [3.8, 4) is 0 Å². The molecule has 2 heterocycles. The van der Waals surface area contributed by atoms with E-state index < -0.39 is 0 Å². The maximum absolute atomic E-state index is 5.60. The van der Waals surface area contributed by atoms with Crippen LogP contribution in [0.5, 0.6) is 0 Å². The first kappa shape index (κ1) is 12.3. The van der Waals surface area contributed by atoms with Crippen LogP contribution in [-0.2, 0) is 4.74 Å². The predicted molar refractivity (Wildman–Crippen MR) is 66.6 cm³/mol. The van der Waals surface area contributed by atoms with Crippen molar-refractivity contribution >= 4 is 0 Å². The molecule has 0 aromatic heterocycles. The third-order valence-corrected chi connectivity index (χ3v) is 4.10. The van der Waals surface area contributed by atoms with Gasteiger partial charge in [-0.05, 0) is 25.4 Å². The molecule has 0 radical (unpaired) electrons. The first-order chi connectivity index (χ1) is 7.83. The van der Waals surface area contributed by atoms with Crippen LogP contribution in [0.4, 0.5) is 0 Å². The van der Waals surface area contributed by atoms with Gasteiger partial charge in [0.05, 0.1) is 13.2 Å². The largest absolute Gasteiger partial charge is 0.379 e. The quantitative estimate of drug-likeness (QED) is 0.766. The van der Waals surface area contributed by atoms with E-state index in [1.165, 1.54) is 32.5 Å². The first-order valence-corrected chi connectivity index (χ1v) is 6.87. The van der Waals surface area contributed by atoms with Gasteiger partial charge in [0, 0.05) is 25.0 Å². The van der Waals surface area contributed by atoms with Gasteiger partial charge in [0.1, 0.15) is 0 Å². The Morgan fingerprint density at radius 2 is 2.19 bits per heavy atom. The molecular weight excluding hydrogens is 200 g/mol. The van der Waals surface area contributed by atoms with Crippen LogP contribution >= 0.6 is 0 Å². The Labute approximate surface area is 99.5 Å². The van der Waals surface area contributed by atoms with Gasteiger partial charge in [0.2, 0.25) is 0 Å². The highest BCUT2D eigenvalue weighted by atomic mass is 16.5. The molecule has 2 fully saturated rings. The zero-order valence-corrected chi connectivity index (χ0v) is 10.7. The molecular formula is C13H26N2O. The first-order valence-electron chi connectivity index (χ1n) is 6.87. The lowest BCUT2D eigenvalue weighted by atomic mass is 10.0. The molecule has 2 aliphatic rings. The summed E-state index contributed by atoms with van der Waals surface area (Å²) in [5, 5.41) is 3.54. The Hall–Kier alpha value is -0.120. The Balaban J connectivity index is 1.76. The number of ether oxygens (including phenoxy) is 1. The highest BCUT2D eigenvalue weighted by Gasteiger charge is 2.31. The van der Waals surface area contributed by atoms with Gasteiger partial charge in [-0.25, -0.2) is 0 Å². The minimum absolute atomic E-state index is 0.589. The third-order valence-electron chi connectivity index (χ3n) is 4.10. The fraction of sp³-hybridized carbons (Fsp3) is 1.00. The molecule has 0 amide bonds. The highest BCUT2D eigenvalue weighted by Crippen LogP contribution is 2.22. The van der Waals surface area contributed by atoms with E-state index >= 15 is 0 Å². The average molecular weight is 226 g/mol. The molecule has 94 valence electrons. The summed E-state index contributed by atoms with van der Waals surface area (Å²) in [7, 11) is 0. The van der Waals surface area contributed by atoms with Crippen LogP contribution in [0, 0.1) is 11.8 Å². The van der Waals surface area contributed by atoms with Crippen LogP contribution in [0.3, 0.4) is 0 Å². The summed E-state index contributed by atoms with van der Waals surface area (Å²) < 4.78 is 5.60. The SMILES string of the molecule is CCNC1COCC1CN1CCC(CC)C1. The standard InChI is InChI=1S/C13H26N2O/c1-3-11-5-6-15(7-11)8-12-9-16-10-13(12)14-4-2/h11-14H,3-10H2,1-2H3. The fourth-order valence-electron chi connectivity index (χ4n) is 3.01. The van der Waals surface area contributed by atoms with Gasteiger partial charge in [-0.1, -0.05) is 20.3 Å². The van der Waals surface area contributed by atoms with E-state index in [0.29, 0.717) is 12.0 Å². The van der Waals surface area contributed by atoms with Crippen molar-refractivity contribution in [2.24, 2.45) is 11.8 Å². The van der Waals surface area contributed by atoms with Crippen molar-refractivity contribution < 1.29 is 4.74 Å². The van der Waals surface area contributed by atoms with Crippen LogP contribution in [-0.4, -0.2) is 50.3 Å². The van der Waals surface area contributed by atoms with Crippen LogP contribution < -0.4 is 5.32 Å². The molecule has 0 bridgehead atoms. The summed E-state index contributed by atoms with van der Waals surface area (Å²) in [6.07, 6.45) is 2.74. The third kappa shape index (κ3) is 2.96. The number of likely N-dealkylation sites (tertiary alicyclic amines) is 1. The Morgan fingerprint density at radius 1 is 1.31 bits per heavy atom. The molecule has 0 aliphatic carbocycles. The molecule has 3 unspecified atom stereocenters. The lowest BCUT2D eigenvalue weighted by molar-refractivity contribution is 0.172. The van der Waals surface area contributed by atoms with Gasteiger partial charge >= 0.3 is 0 Å². The molecule has 2 rings (SSSR count). The van der Waals surface area contributed by atoms with Gasteiger partial charge in [-0.3, -0.25) is 0 Å². The Bertz CT molecular complexity index is 210. The van der Waals surface area contributed by atoms with Gasteiger partial charge in [0.25, 0.3) is 0 Å². The van der Waals surface area contributed by atoms with Crippen molar-refractivity contribution in [3.63, 3.8) is 0 Å². The minimum Gasteiger partial charge on any atom is -0.379 e. The number of likely N-dealkylation sites (N-methyl/N-ethyl adjacent to an activating group) is 1. The number of nitrogens with one attached hydrogen (secondary N) is 1. The van der Waals surface area contributed by atoms with Crippen molar-refractivity contribution in [3.05, 3.63) is 0 Å². The average Bonchev–Trinajstić information content (AvgIpc) is 2.90. The summed E-state index contributed by atoms with van der Waals surface area (Å²) in [6, 6.07) is 0.589. The van der Waals surface area contributed by atoms with Gasteiger partial charge in [-0.15, -0.1) is 0 Å². The van der Waals surface area contributed by atoms with Crippen molar-refractivity contribution in [1.29, 1.82) is 0 Å². The number of nitrogens with zero attached hydrogens (tertiary/aromatic N) is 1. The van der Waals surface area contributed by atoms with E-state index in [1.54, 1.807) is 0 Å². The van der Waals surface area contributed by atoms with Crippen molar-refractivity contribution in [1.82, 2.24) is 10.2 Å². The predicted octanol–water partition coefficient (Wildman–Crippen LogP) is 1.34. The van der Waals surface area contributed by atoms with E-state index in [4.69, 9.17) is 4.74 Å². The van der Waals surface area contributed by atoms with Gasteiger partial charge in [0.15, 0.2) is 0 Å². The summed E-state index contributed by atoms with van der Waals surface area (Å²) in [6.45, 7) is 11.2. The van der Waals surface area contributed by atoms with Gasteiger partial charge < -0.3 is 15.0 Å². The smallest absolute Gasteiger partial charge is 0.0623 e. The van der Waals surface area contributed by atoms with E-state index in [-0.39, 0.29) is 0 Å². The number of hydrogen-bond donors (Lipinski definition) is 1. The second-order valence-electron chi connectivity index (χ2n) is 5.28. The monoisotopic (exact) mass is 226 g/mol. The van der Waals surface area contributed by atoms with Crippen LogP contribution in [0.25, 0.3) is 0 Å². The summed E-state index contributed by atoms with van der Waals surface area (Å²) in [4.78, 5) is 2.64. The van der Waals surface area contributed by atoms with E-state index in [9.17, 15) is 0 Å². The minimum atomic E-state index is 0.589. The number of hydrogen-bond acceptors (Lipinski definition) is 3. The summed E-state index contributed by atoms with van der Waals surface area (Å²) in [5.41, 5.74) is 0. The van der Waals surface area contributed by atoms with Crippen LogP contribution in [0.2, 0.25) is 0 Å². The molecule has 3 atom stereocenters. The molecule has 0 spiro atoms. The molecule has 0 saturated carbocycles. The Morgan fingerprint density at radius 3 is 2.88 bits per heavy atom. The van der Waals surface area contributed by atoms with Crippen molar-refractivity contribution in [2.75, 3.05) is 39.4 Å². The second kappa shape index (κ2) is 5.99. The lowest BCUT2D eigenvalue weighted by Crippen LogP contribution is -2.41. The topological polar surface area (TPSA) is 24.5 Å². The van der Waals surface area contributed by atoms with Crippen molar-refractivity contribution in [2.45, 2.75) is 32.7 Å². The zero-order valence-electron chi connectivity index (χ0n) is 10.7. The molecule has 1 N–H and O–H groups in total. The molecule has 16 heavy (non-hydrogen) atoms. The van der Waals surface area contributed by atoms with Gasteiger partial charge in [-0.2, -0.15) is 0 Å². The van der Waals surface area contributed by atoms with E-state index in [2.05, 4.69) is 24.1 Å². The maximum atomic E-state index is 5.60. The fourth-order valence-corrected chi connectivity index (χ4v) is 3.01. The number of rotatable bonds is 5.